The molecule has 1 aromatic carbocycles. The van der Waals surface area contributed by atoms with Crippen molar-refractivity contribution in [2.24, 2.45) is 11.8 Å². The second-order valence-corrected chi connectivity index (χ2v) is 23.7. The summed E-state index contributed by atoms with van der Waals surface area (Å²) >= 11 is 8.36. The number of imidazole rings is 1. The van der Waals surface area contributed by atoms with Gasteiger partial charge < -0.3 is 44.3 Å². The number of carbonyl (C=O) groups excluding carboxylic acids is 4. The number of nitrogens with zero attached hydrogens (tertiary/aromatic N) is 5. The summed E-state index contributed by atoms with van der Waals surface area (Å²) < 4.78 is 68.7. The highest BCUT2D eigenvalue weighted by atomic mass is 32.7. The van der Waals surface area contributed by atoms with Gasteiger partial charge in [0.2, 0.25) is 29.9 Å². The summed E-state index contributed by atoms with van der Waals surface area (Å²) in [6, 6.07) is 5.78. The van der Waals surface area contributed by atoms with Crippen LogP contribution in [-0.2, 0) is 52.8 Å². The second kappa shape index (κ2) is 22.1. The lowest BCUT2D eigenvalue weighted by atomic mass is 10.0. The van der Waals surface area contributed by atoms with Crippen molar-refractivity contribution in [1.82, 2.24) is 45.4 Å². The van der Waals surface area contributed by atoms with E-state index in [-0.39, 0.29) is 66.3 Å². The van der Waals surface area contributed by atoms with Crippen molar-refractivity contribution in [2.75, 3.05) is 11.9 Å². The lowest BCUT2D eigenvalue weighted by molar-refractivity contribution is -0.130. The van der Waals surface area contributed by atoms with Gasteiger partial charge in [-0.25, -0.2) is 28.9 Å². The largest absolute Gasteiger partial charge is 0.474 e. The van der Waals surface area contributed by atoms with Gasteiger partial charge in [-0.3, -0.25) is 43.1 Å². The fourth-order valence-electron chi connectivity index (χ4n) is 7.84. The molecule has 1 saturated heterocycles. The van der Waals surface area contributed by atoms with Gasteiger partial charge in [0.25, 0.3) is 11.5 Å². The molecule has 2 fully saturated rings. The first kappa shape index (κ1) is 53.3. The van der Waals surface area contributed by atoms with E-state index in [4.69, 9.17) is 32.3 Å². The van der Waals surface area contributed by atoms with Crippen molar-refractivity contribution < 1.29 is 65.7 Å². The third-order valence-electron chi connectivity index (χ3n) is 11.2. The van der Waals surface area contributed by atoms with Crippen molar-refractivity contribution in [3.8, 4) is 5.88 Å². The molecule has 6 N–H and O–H groups in total. The number of aromatic nitrogens is 6. The Balaban J connectivity index is 1.05. The average Bonchev–Trinajstić information content (AvgIpc) is 3.97. The molecule has 10 atom stereocenters. The van der Waals surface area contributed by atoms with Crippen LogP contribution in [0.25, 0.3) is 11.2 Å². The molecule has 3 aliphatic rings. The summed E-state index contributed by atoms with van der Waals surface area (Å²) in [5.41, 5.74) is -1.62. The van der Waals surface area contributed by atoms with Crippen LogP contribution in [0.2, 0.25) is 0 Å². The van der Waals surface area contributed by atoms with Gasteiger partial charge in [0.05, 0.1) is 12.7 Å². The number of aromatic amines is 1. The number of alkyl carbamates (subject to hydrolysis) is 1. The first-order valence-corrected chi connectivity index (χ1v) is 27.6. The number of hydrogen-bond acceptors (Lipinski definition) is 19. The number of benzene rings is 1. The summed E-state index contributed by atoms with van der Waals surface area (Å²) in [4.78, 5) is 84.9. The van der Waals surface area contributed by atoms with Crippen LogP contribution in [-0.4, -0.2) is 107 Å². The second-order valence-electron chi connectivity index (χ2n) is 18.0. The highest BCUT2D eigenvalue weighted by molar-refractivity contribution is 8.44. The molecular weight excluding hydrogens is 1010 g/mol. The summed E-state index contributed by atoms with van der Waals surface area (Å²) in [6.45, 7) is 1.08. The van der Waals surface area contributed by atoms with Gasteiger partial charge in [0.1, 0.15) is 48.8 Å². The molecule has 7 rings (SSSR count). The topological polar surface area (TPSA) is 325 Å². The van der Waals surface area contributed by atoms with Gasteiger partial charge in [-0.2, -0.15) is 4.98 Å². The molecule has 71 heavy (non-hydrogen) atoms. The number of thiol groups is 2. The molecule has 0 radical (unpaired) electrons. The maximum absolute atomic E-state index is 13.8. The number of amides is 4. The number of hydrogen-bond donors (Lipinski definition) is 8. The van der Waals surface area contributed by atoms with Crippen LogP contribution in [0.1, 0.15) is 83.0 Å². The van der Waals surface area contributed by atoms with Gasteiger partial charge in [-0.1, -0.05) is 44.3 Å². The fourth-order valence-corrected chi connectivity index (χ4v) is 10.7. The minimum atomic E-state index is -4.31. The molecule has 2 aliphatic heterocycles. The minimum absolute atomic E-state index is 0.0747. The molecule has 4 aromatic rings. The molecule has 29 heteroatoms. The van der Waals surface area contributed by atoms with Crippen molar-refractivity contribution in [3.63, 3.8) is 0 Å². The van der Waals surface area contributed by atoms with Crippen LogP contribution in [0.5, 0.6) is 5.88 Å². The molecule has 384 valence electrons. The third-order valence-corrected chi connectivity index (χ3v) is 14.3. The van der Waals surface area contributed by atoms with Crippen LogP contribution >= 0.6 is 38.1 Å². The maximum Gasteiger partial charge on any atom is 0.436 e. The number of rotatable bonds is 12. The zero-order valence-corrected chi connectivity index (χ0v) is 42.7. The van der Waals surface area contributed by atoms with Gasteiger partial charge in [-0.05, 0) is 76.3 Å². The van der Waals surface area contributed by atoms with Crippen LogP contribution in [0, 0.1) is 11.8 Å². The van der Waals surface area contributed by atoms with E-state index in [0.29, 0.717) is 17.9 Å². The summed E-state index contributed by atoms with van der Waals surface area (Å²) in [5.74, 6) is -3.08. The number of fused-ring (bicyclic) bond motifs is 4. The molecule has 5 heterocycles. The predicted octanol–water partition coefficient (Wildman–Crippen LogP) is 4.70. The van der Waals surface area contributed by atoms with Gasteiger partial charge in [0, 0.05) is 30.8 Å². The van der Waals surface area contributed by atoms with Crippen molar-refractivity contribution in [2.45, 2.75) is 116 Å². The van der Waals surface area contributed by atoms with E-state index in [2.05, 4.69) is 70.7 Å². The highest BCUT2D eigenvalue weighted by Gasteiger charge is 2.49. The molecule has 0 unspecified atom stereocenters. The van der Waals surface area contributed by atoms with E-state index < -0.39 is 91.3 Å². The van der Waals surface area contributed by atoms with Gasteiger partial charge >= 0.3 is 19.7 Å². The SMILES string of the molecule is CC(C)[C@H](NC(=O)OC(C)(C)C)C(=O)N[C@@H](C)C(=O)NCc1ccccc1C(=O)Nc1nc2c(ncn2[C@@H]2O/C3=C/O[P@@](=O)(S)O[C@H]4C[C@H](Oc5ccncn5)C[C@@H]4CCO[P@@](=O)(S)O[C@@H]2[C@@H]3O)c(=O)[nH]1. The van der Waals surface area contributed by atoms with E-state index in [1.54, 1.807) is 58.9 Å². The number of aliphatic hydroxyl groups excluding tert-OH is 1. The Hall–Kier alpha value is -5.53. The molecule has 1 saturated carbocycles. The van der Waals surface area contributed by atoms with E-state index in [0.717, 1.165) is 12.6 Å². The summed E-state index contributed by atoms with van der Waals surface area (Å²) in [5, 5.41) is 21.9. The molecular formula is C42H54N10O15P2S2. The standard InChI is InChI=1S/C42H54N10O15P2S2/c1-21(2)30(48-41(58)65-42(4,5)6)37(56)47-22(3)35(54)44-17-24-9-7-8-10-26(24)36(55)50-40-49-34-31(38(57)51-40)46-20-52(34)39-33-32(53)28(64-39)18-62-69(60,71)66-27-16-25(63-29-11-13-43-19-45-29)15-23(27)12-14-61-68(59,70)67-33/h7-11,13,18-23,25,27,30,32-33,39,53H,12,14-17H2,1-6H3,(H,44,54)(H,47,56)(H,48,58)(H,59,70)(H,60,71)(H2,49,50,51,55,57)/b28-18+/t22-,23-,25+,27-,30-,32+,33+,39+,68+,69+/m0/s1. The van der Waals surface area contributed by atoms with Crippen LogP contribution in [0.3, 0.4) is 0 Å². The normalized spacial score (nSPS) is 27.3. The number of ether oxygens (including phenoxy) is 3. The highest BCUT2D eigenvalue weighted by Crippen LogP contribution is 2.60. The summed E-state index contributed by atoms with van der Waals surface area (Å²) in [7, 11) is 0. The van der Waals surface area contributed by atoms with Gasteiger partial charge in [0.15, 0.2) is 23.0 Å². The monoisotopic (exact) mass is 1060 g/mol. The lowest BCUT2D eigenvalue weighted by Crippen LogP contribution is -2.55. The van der Waals surface area contributed by atoms with E-state index in [9.17, 15) is 38.2 Å². The Kier molecular flexibility index (Phi) is 16.6. The third kappa shape index (κ3) is 13.7. The Morgan fingerprint density at radius 3 is 2.49 bits per heavy atom. The van der Waals surface area contributed by atoms with E-state index in [1.165, 1.54) is 30.1 Å². The van der Waals surface area contributed by atoms with Crippen LogP contribution < -0.4 is 31.6 Å². The Bertz CT molecular complexity index is 2810. The van der Waals surface area contributed by atoms with Crippen LogP contribution in [0.4, 0.5) is 10.7 Å². The number of anilines is 1. The predicted molar refractivity (Wildman–Crippen MR) is 258 cm³/mol. The quantitative estimate of drug-likeness (QED) is 0.0704. The smallest absolute Gasteiger partial charge is 0.436 e. The maximum atomic E-state index is 13.8. The first-order chi connectivity index (χ1) is 33.5. The summed E-state index contributed by atoms with van der Waals surface area (Å²) in [6.07, 6.45) is -1.16. The zero-order valence-electron chi connectivity index (χ0n) is 39.1. The van der Waals surface area contributed by atoms with E-state index in [1.807, 2.05) is 0 Å². The Morgan fingerprint density at radius 2 is 1.77 bits per heavy atom. The minimum Gasteiger partial charge on any atom is -0.474 e. The van der Waals surface area contributed by atoms with Crippen molar-refractivity contribution in [3.05, 3.63) is 82.7 Å². The van der Waals surface area contributed by atoms with Crippen molar-refractivity contribution >= 4 is 79.0 Å². The van der Waals surface area contributed by atoms with Gasteiger partial charge in [-0.15, -0.1) is 0 Å². The fraction of sp³-hybridized carbons (Fsp3) is 0.500. The average molecular weight is 1070 g/mol. The molecule has 0 spiro atoms. The molecule has 3 aromatic heterocycles. The molecule has 2 bridgehead atoms. The molecule has 4 amide bonds. The Morgan fingerprint density at radius 1 is 1.01 bits per heavy atom. The zero-order chi connectivity index (χ0) is 51.4. The van der Waals surface area contributed by atoms with Crippen molar-refractivity contribution in [1.29, 1.82) is 0 Å². The molecule has 1 aliphatic carbocycles. The number of aliphatic hydroxyl groups is 1. The number of nitrogens with one attached hydrogen (secondary N) is 5. The Labute approximate surface area is 416 Å². The first-order valence-electron chi connectivity index (χ1n) is 22.2. The van der Waals surface area contributed by atoms with E-state index >= 15 is 0 Å². The number of carbonyl (C=O) groups is 4. The molecule has 25 nitrogen and oxygen atoms in total. The lowest BCUT2D eigenvalue weighted by Gasteiger charge is -2.26. The number of H-pyrrole nitrogens is 1. The van der Waals surface area contributed by atoms with Crippen LogP contribution in [0.15, 0.2) is 66.0 Å².